The summed E-state index contributed by atoms with van der Waals surface area (Å²) in [6.07, 6.45) is 0. The topological polar surface area (TPSA) is 54.2 Å². The number of hydrogen-bond donors (Lipinski definition) is 1. The molecule has 0 heterocycles. The zero-order valence-electron chi connectivity index (χ0n) is 3.46. The van der Waals surface area contributed by atoms with Crippen LogP contribution in [0, 0.1) is 0 Å². The van der Waals surface area contributed by atoms with Gasteiger partial charge in [0.15, 0.2) is 6.73 Å². The molecule has 6 heavy (non-hydrogen) atoms. The lowest BCUT2D eigenvalue weighted by molar-refractivity contribution is 0.168. The third kappa shape index (κ3) is 3.36. The quantitative estimate of drug-likeness (QED) is 0.381. The van der Waals surface area contributed by atoms with Crippen LogP contribution in [0.1, 0.15) is 0 Å². The average Bonchev–Trinajstić information content (AvgIpc) is 1.61. The fourth-order valence-electron chi connectivity index (χ4n) is 0.0836. The molecule has 0 atom stereocenters. The molecule has 0 bridgehead atoms. The Kier molecular flexibility index (Phi) is 3.89. The number of rotatable bonds is 2. The molecule has 0 rings (SSSR count). The summed E-state index contributed by atoms with van der Waals surface area (Å²) in [5, 5.41) is 13.9. The van der Waals surface area contributed by atoms with E-state index in [0.717, 1.165) is 0 Å². The van der Waals surface area contributed by atoms with Crippen molar-refractivity contribution < 1.29 is 9.94 Å². The predicted octanol–water partition coefficient (Wildman–Crippen LogP) is -0.0502. The van der Waals surface area contributed by atoms with Gasteiger partial charge in [0.2, 0.25) is 0 Å². The monoisotopic (exact) mass is 90.0 g/mol. The van der Waals surface area contributed by atoms with E-state index >= 15 is 0 Å². The smallest absolute Gasteiger partial charge is 0.158 e. The summed E-state index contributed by atoms with van der Waals surface area (Å²) in [7, 11) is 1.36. The van der Waals surface area contributed by atoms with Crippen LogP contribution in [-0.2, 0) is 4.84 Å². The fraction of sp³-hybridized carbons (Fsp3) is 1.00. The maximum absolute atomic E-state index is 7.86. The summed E-state index contributed by atoms with van der Waals surface area (Å²) in [5.41, 5.74) is 0. The Morgan fingerprint density at radius 3 is 2.67 bits per heavy atom. The SMILES string of the molecule is CON=NCO. The highest BCUT2D eigenvalue weighted by Crippen LogP contribution is 1.67. The van der Waals surface area contributed by atoms with Crippen molar-refractivity contribution in [2.45, 2.75) is 0 Å². The molecule has 1 N–H and O–H groups in total. The molecule has 0 aromatic rings. The molecule has 0 aromatic heterocycles. The molecule has 0 aliphatic rings. The third-order valence-electron chi connectivity index (χ3n) is 0.203. The van der Waals surface area contributed by atoms with Crippen LogP contribution in [0.3, 0.4) is 0 Å². The first-order chi connectivity index (χ1) is 2.91. The van der Waals surface area contributed by atoms with Gasteiger partial charge < -0.3 is 9.94 Å². The maximum Gasteiger partial charge on any atom is 0.158 e. The lowest BCUT2D eigenvalue weighted by Gasteiger charge is -1.77. The maximum atomic E-state index is 7.86. The molecule has 4 heteroatoms. The summed E-state index contributed by atoms with van der Waals surface area (Å²) < 4.78 is 0. The minimum atomic E-state index is -0.312. The van der Waals surface area contributed by atoms with Crippen molar-refractivity contribution in [2.75, 3.05) is 13.8 Å². The average molecular weight is 90.1 g/mol. The normalized spacial score (nSPS) is 9.67. The van der Waals surface area contributed by atoms with Crippen molar-refractivity contribution in [3.63, 3.8) is 0 Å². The number of hydrogen-bond acceptors (Lipinski definition) is 4. The van der Waals surface area contributed by atoms with E-state index in [1.165, 1.54) is 7.11 Å². The Morgan fingerprint density at radius 2 is 2.50 bits per heavy atom. The van der Waals surface area contributed by atoms with Crippen molar-refractivity contribution >= 4 is 0 Å². The Labute approximate surface area is 35.4 Å². The summed E-state index contributed by atoms with van der Waals surface area (Å²) in [6.45, 7) is -0.312. The first-order valence-electron chi connectivity index (χ1n) is 1.42. The van der Waals surface area contributed by atoms with E-state index < -0.39 is 0 Å². The fourth-order valence-corrected chi connectivity index (χ4v) is 0.0836. The second-order valence-corrected chi connectivity index (χ2v) is 0.547. The molecular formula is C2H6N2O2. The third-order valence-corrected chi connectivity index (χ3v) is 0.203. The van der Waals surface area contributed by atoms with Gasteiger partial charge in [0.25, 0.3) is 0 Å². The van der Waals surface area contributed by atoms with Gasteiger partial charge in [0.05, 0.1) is 0 Å². The Hall–Kier alpha value is -0.640. The lowest BCUT2D eigenvalue weighted by atomic mass is 11.4. The van der Waals surface area contributed by atoms with Gasteiger partial charge in [0.1, 0.15) is 7.11 Å². The van der Waals surface area contributed by atoms with E-state index in [4.69, 9.17) is 5.11 Å². The number of nitrogens with zero attached hydrogens (tertiary/aromatic N) is 2. The van der Waals surface area contributed by atoms with Crippen molar-refractivity contribution in [1.29, 1.82) is 0 Å². The number of aliphatic hydroxyl groups is 1. The molecule has 36 valence electrons. The molecule has 0 saturated carbocycles. The molecule has 0 saturated heterocycles. The van der Waals surface area contributed by atoms with Crippen LogP contribution in [-0.4, -0.2) is 18.9 Å². The van der Waals surface area contributed by atoms with E-state index in [-0.39, 0.29) is 6.73 Å². The molecule has 0 radical (unpaired) electrons. The van der Waals surface area contributed by atoms with Crippen LogP contribution in [0.2, 0.25) is 0 Å². The van der Waals surface area contributed by atoms with Crippen LogP contribution < -0.4 is 0 Å². The highest BCUT2D eigenvalue weighted by molar-refractivity contribution is 3.99. The van der Waals surface area contributed by atoms with E-state index in [2.05, 4.69) is 15.2 Å². The van der Waals surface area contributed by atoms with Crippen molar-refractivity contribution in [3.8, 4) is 0 Å². The van der Waals surface area contributed by atoms with E-state index in [0.29, 0.717) is 0 Å². The second kappa shape index (κ2) is 4.36. The molecular weight excluding hydrogens is 84.0 g/mol. The second-order valence-electron chi connectivity index (χ2n) is 0.547. The largest absolute Gasteiger partial charge is 0.383 e. The molecule has 0 fully saturated rings. The zero-order valence-corrected chi connectivity index (χ0v) is 3.46. The Morgan fingerprint density at radius 1 is 1.83 bits per heavy atom. The van der Waals surface area contributed by atoms with Gasteiger partial charge in [-0.3, -0.25) is 0 Å². The van der Waals surface area contributed by atoms with E-state index in [1.54, 1.807) is 0 Å². The summed E-state index contributed by atoms with van der Waals surface area (Å²) >= 11 is 0. The van der Waals surface area contributed by atoms with Gasteiger partial charge >= 0.3 is 0 Å². The molecule has 0 aliphatic heterocycles. The van der Waals surface area contributed by atoms with Crippen molar-refractivity contribution in [1.82, 2.24) is 0 Å². The van der Waals surface area contributed by atoms with Crippen molar-refractivity contribution in [2.24, 2.45) is 10.4 Å². The van der Waals surface area contributed by atoms with Crippen LogP contribution in [0.15, 0.2) is 10.4 Å². The van der Waals surface area contributed by atoms with Gasteiger partial charge in [-0.15, -0.1) is 5.11 Å². The van der Waals surface area contributed by atoms with Crippen LogP contribution in [0.25, 0.3) is 0 Å². The van der Waals surface area contributed by atoms with Gasteiger partial charge in [-0.05, 0) is 0 Å². The molecule has 4 nitrogen and oxygen atoms in total. The highest BCUT2D eigenvalue weighted by Gasteiger charge is 1.59. The van der Waals surface area contributed by atoms with E-state index in [9.17, 15) is 0 Å². The first kappa shape index (κ1) is 5.36. The van der Waals surface area contributed by atoms with Gasteiger partial charge in [-0.25, -0.2) is 0 Å². The summed E-state index contributed by atoms with van der Waals surface area (Å²) in [4.78, 5) is 4.08. The molecule has 0 unspecified atom stereocenters. The minimum absolute atomic E-state index is 0.312. The van der Waals surface area contributed by atoms with E-state index in [1.807, 2.05) is 0 Å². The molecule has 0 aromatic carbocycles. The predicted molar refractivity (Wildman–Crippen MR) is 19.0 cm³/mol. The molecule has 0 aliphatic carbocycles. The lowest BCUT2D eigenvalue weighted by Crippen LogP contribution is -1.69. The first-order valence-corrected chi connectivity index (χ1v) is 1.42. The van der Waals surface area contributed by atoms with Crippen molar-refractivity contribution in [3.05, 3.63) is 0 Å². The molecule has 0 spiro atoms. The Bertz CT molecular complexity index is 38.8. The summed E-state index contributed by atoms with van der Waals surface area (Å²) in [5.74, 6) is 0. The van der Waals surface area contributed by atoms with Crippen LogP contribution in [0.5, 0.6) is 0 Å². The van der Waals surface area contributed by atoms with Gasteiger partial charge in [-0.1, -0.05) is 0 Å². The zero-order chi connectivity index (χ0) is 4.83. The highest BCUT2D eigenvalue weighted by atomic mass is 16.6. The number of aliphatic hydroxyl groups excluding tert-OH is 1. The van der Waals surface area contributed by atoms with Crippen LogP contribution in [0.4, 0.5) is 0 Å². The standard InChI is InChI=1S/C2H6N2O2/c1-6-4-3-2-5/h5H,2H2,1H3. The minimum Gasteiger partial charge on any atom is -0.383 e. The molecule has 0 amide bonds. The van der Waals surface area contributed by atoms with Gasteiger partial charge in [0, 0.05) is 5.28 Å². The van der Waals surface area contributed by atoms with Crippen LogP contribution >= 0.6 is 0 Å². The summed E-state index contributed by atoms with van der Waals surface area (Å²) in [6, 6.07) is 0. The van der Waals surface area contributed by atoms with Gasteiger partial charge in [-0.2, -0.15) is 0 Å². The Balaban J connectivity index is 2.73.